The molecular weight excluding hydrogens is 412 g/mol. The number of rotatable bonds is 11. The van der Waals surface area contributed by atoms with E-state index in [1.807, 2.05) is 31.2 Å². The smallest absolute Gasteiger partial charge is 0.407 e. The third-order valence-corrected chi connectivity index (χ3v) is 5.30. The van der Waals surface area contributed by atoms with Crippen LogP contribution in [0.5, 0.6) is 0 Å². The lowest BCUT2D eigenvalue weighted by atomic mass is 9.98. The molecule has 170 valence electrons. The minimum absolute atomic E-state index is 0.0154. The molecule has 2 aromatic carbocycles. The molecular formula is C24H28N2O6. The van der Waals surface area contributed by atoms with Crippen molar-refractivity contribution in [2.75, 3.05) is 26.4 Å². The first-order valence-corrected chi connectivity index (χ1v) is 10.7. The lowest BCUT2D eigenvalue weighted by molar-refractivity contribution is -0.142. The topological polar surface area (TPSA) is 114 Å². The molecule has 1 aliphatic carbocycles. The van der Waals surface area contributed by atoms with Gasteiger partial charge in [-0.15, -0.1) is 0 Å². The Morgan fingerprint density at radius 2 is 1.66 bits per heavy atom. The van der Waals surface area contributed by atoms with Crippen LogP contribution in [0, 0.1) is 0 Å². The van der Waals surface area contributed by atoms with Crippen molar-refractivity contribution >= 4 is 18.0 Å². The molecule has 8 nitrogen and oxygen atoms in total. The predicted octanol–water partition coefficient (Wildman–Crippen LogP) is 2.91. The Balaban J connectivity index is 1.38. The van der Waals surface area contributed by atoms with E-state index in [0.717, 1.165) is 22.3 Å². The summed E-state index contributed by atoms with van der Waals surface area (Å²) in [4.78, 5) is 34.9. The summed E-state index contributed by atoms with van der Waals surface area (Å²) in [5.41, 5.74) is 4.60. The number of ether oxygens (including phenoxy) is 2. The molecule has 8 heteroatoms. The molecule has 1 atom stereocenters. The minimum atomic E-state index is -1.07. The maximum Gasteiger partial charge on any atom is 0.407 e. The lowest BCUT2D eigenvalue weighted by Crippen LogP contribution is -2.42. The zero-order valence-corrected chi connectivity index (χ0v) is 18.0. The second-order valence-electron chi connectivity index (χ2n) is 7.55. The lowest BCUT2D eigenvalue weighted by Gasteiger charge is -2.15. The van der Waals surface area contributed by atoms with Crippen LogP contribution in [0.2, 0.25) is 0 Å². The van der Waals surface area contributed by atoms with Gasteiger partial charge in [0.25, 0.3) is 0 Å². The third-order valence-electron chi connectivity index (χ3n) is 5.30. The van der Waals surface area contributed by atoms with Crippen molar-refractivity contribution < 1.29 is 29.0 Å². The largest absolute Gasteiger partial charge is 0.480 e. The number of aliphatic carboxylic acids is 1. The van der Waals surface area contributed by atoms with Crippen molar-refractivity contribution in [1.82, 2.24) is 10.6 Å². The molecule has 0 aliphatic heterocycles. The summed E-state index contributed by atoms with van der Waals surface area (Å²) in [6.07, 6.45) is 0.431. The van der Waals surface area contributed by atoms with Crippen LogP contribution in [-0.4, -0.2) is 55.5 Å². The summed E-state index contributed by atoms with van der Waals surface area (Å²) in [5.74, 6) is -1.59. The van der Waals surface area contributed by atoms with E-state index in [4.69, 9.17) is 14.6 Å². The Labute approximate surface area is 186 Å². The van der Waals surface area contributed by atoms with Gasteiger partial charge in [0, 0.05) is 12.5 Å². The van der Waals surface area contributed by atoms with Gasteiger partial charge in [0.2, 0.25) is 5.91 Å². The average molecular weight is 440 g/mol. The van der Waals surface area contributed by atoms with E-state index in [1.54, 1.807) is 0 Å². The highest BCUT2D eigenvalue weighted by Gasteiger charge is 2.28. The van der Waals surface area contributed by atoms with Gasteiger partial charge in [-0.1, -0.05) is 61.9 Å². The molecule has 0 saturated carbocycles. The van der Waals surface area contributed by atoms with Gasteiger partial charge in [0.1, 0.15) is 19.3 Å². The van der Waals surface area contributed by atoms with Gasteiger partial charge < -0.3 is 25.2 Å². The van der Waals surface area contributed by atoms with Crippen molar-refractivity contribution in [3.05, 3.63) is 59.7 Å². The number of amides is 2. The van der Waals surface area contributed by atoms with Crippen LogP contribution in [0.25, 0.3) is 11.1 Å². The molecule has 3 N–H and O–H groups in total. The number of carbonyl (C=O) groups excluding carboxylic acids is 2. The molecule has 2 aromatic rings. The SMILES string of the molecule is CCC[C@H](NC(=O)COCCNC(=O)OCC1c2ccccc2-c2ccccc21)C(=O)O. The molecule has 0 saturated heterocycles. The van der Waals surface area contributed by atoms with E-state index in [1.165, 1.54) is 0 Å². The molecule has 32 heavy (non-hydrogen) atoms. The maximum atomic E-state index is 12.1. The standard InChI is InChI=1S/C24H28N2O6/c1-2-7-21(23(28)29)26-22(27)15-31-13-12-25-24(30)32-14-20-18-10-5-3-8-16(18)17-9-4-6-11-19(17)20/h3-6,8-11,20-21H,2,7,12-15H2,1H3,(H,25,30)(H,26,27)(H,28,29)/t21-/m0/s1. The van der Waals surface area contributed by atoms with Crippen molar-refractivity contribution in [3.8, 4) is 11.1 Å². The highest BCUT2D eigenvalue weighted by molar-refractivity contribution is 5.84. The van der Waals surface area contributed by atoms with Crippen LogP contribution in [-0.2, 0) is 19.1 Å². The van der Waals surface area contributed by atoms with Gasteiger partial charge in [-0.25, -0.2) is 9.59 Å². The first-order chi connectivity index (χ1) is 15.5. The fourth-order valence-electron chi connectivity index (χ4n) is 3.82. The van der Waals surface area contributed by atoms with Crippen LogP contribution in [0.15, 0.2) is 48.5 Å². The number of carboxylic acid groups (broad SMARTS) is 1. The molecule has 0 radical (unpaired) electrons. The highest BCUT2D eigenvalue weighted by atomic mass is 16.5. The summed E-state index contributed by atoms with van der Waals surface area (Å²) in [6.45, 7) is 2.05. The summed E-state index contributed by atoms with van der Waals surface area (Å²) in [7, 11) is 0. The average Bonchev–Trinajstić information content (AvgIpc) is 3.11. The minimum Gasteiger partial charge on any atom is -0.480 e. The molecule has 1 aliphatic rings. The Bertz CT molecular complexity index is 916. The zero-order chi connectivity index (χ0) is 22.9. The normalized spacial score (nSPS) is 13.0. The molecule has 0 heterocycles. The quantitative estimate of drug-likeness (QED) is 0.463. The summed E-state index contributed by atoms with van der Waals surface area (Å²) in [6, 6.07) is 15.3. The Kier molecular flexibility index (Phi) is 8.21. The molecule has 0 bridgehead atoms. The monoisotopic (exact) mass is 440 g/mol. The first kappa shape index (κ1) is 23.3. The Hall–Kier alpha value is -3.39. The molecule has 0 spiro atoms. The fourth-order valence-corrected chi connectivity index (χ4v) is 3.82. The second kappa shape index (κ2) is 11.3. The van der Waals surface area contributed by atoms with Gasteiger partial charge in [-0.2, -0.15) is 0 Å². The van der Waals surface area contributed by atoms with Crippen molar-refractivity contribution in [2.24, 2.45) is 0 Å². The molecule has 0 unspecified atom stereocenters. The Morgan fingerprint density at radius 3 is 2.25 bits per heavy atom. The number of nitrogens with one attached hydrogen (secondary N) is 2. The Morgan fingerprint density at radius 1 is 1.03 bits per heavy atom. The van der Waals surface area contributed by atoms with Gasteiger partial charge in [-0.05, 0) is 28.7 Å². The third kappa shape index (κ3) is 5.85. The fraction of sp³-hybridized carbons (Fsp3) is 0.375. The number of carbonyl (C=O) groups is 3. The van der Waals surface area contributed by atoms with Crippen molar-refractivity contribution in [3.63, 3.8) is 0 Å². The van der Waals surface area contributed by atoms with E-state index < -0.39 is 24.0 Å². The van der Waals surface area contributed by atoms with Crippen LogP contribution in [0.3, 0.4) is 0 Å². The van der Waals surface area contributed by atoms with E-state index in [2.05, 4.69) is 34.9 Å². The van der Waals surface area contributed by atoms with Crippen LogP contribution in [0.1, 0.15) is 36.8 Å². The molecule has 0 fully saturated rings. The number of fused-ring (bicyclic) bond motifs is 3. The van der Waals surface area contributed by atoms with E-state index in [9.17, 15) is 14.4 Å². The first-order valence-electron chi connectivity index (χ1n) is 10.7. The summed E-state index contributed by atoms with van der Waals surface area (Å²) < 4.78 is 10.6. The summed E-state index contributed by atoms with van der Waals surface area (Å²) >= 11 is 0. The highest BCUT2D eigenvalue weighted by Crippen LogP contribution is 2.44. The van der Waals surface area contributed by atoms with Crippen LogP contribution < -0.4 is 10.6 Å². The van der Waals surface area contributed by atoms with Crippen molar-refractivity contribution in [2.45, 2.75) is 31.7 Å². The van der Waals surface area contributed by atoms with Crippen molar-refractivity contribution in [1.29, 1.82) is 0 Å². The zero-order valence-electron chi connectivity index (χ0n) is 18.0. The van der Waals surface area contributed by atoms with Gasteiger partial charge in [-0.3, -0.25) is 4.79 Å². The number of alkyl carbamates (subject to hydrolysis) is 1. The van der Waals surface area contributed by atoms with Crippen LogP contribution >= 0.6 is 0 Å². The van der Waals surface area contributed by atoms with E-state index in [0.29, 0.717) is 12.8 Å². The van der Waals surface area contributed by atoms with E-state index >= 15 is 0 Å². The molecule has 0 aromatic heterocycles. The number of carboxylic acids is 1. The van der Waals surface area contributed by atoms with Gasteiger partial charge >= 0.3 is 12.1 Å². The number of benzene rings is 2. The summed E-state index contributed by atoms with van der Waals surface area (Å²) in [5, 5.41) is 14.0. The van der Waals surface area contributed by atoms with E-state index in [-0.39, 0.29) is 32.3 Å². The maximum absolute atomic E-state index is 12.1. The number of hydrogen-bond donors (Lipinski definition) is 3. The van der Waals surface area contributed by atoms with Gasteiger partial charge in [0.05, 0.1) is 6.61 Å². The van der Waals surface area contributed by atoms with Gasteiger partial charge in [0.15, 0.2) is 0 Å². The number of hydrogen-bond acceptors (Lipinski definition) is 5. The van der Waals surface area contributed by atoms with Crippen LogP contribution in [0.4, 0.5) is 4.79 Å². The predicted molar refractivity (Wildman–Crippen MR) is 118 cm³/mol. The second-order valence-corrected chi connectivity index (χ2v) is 7.55. The molecule has 3 rings (SSSR count). The molecule has 2 amide bonds.